The molecule has 2 rings (SSSR count). The highest BCUT2D eigenvalue weighted by Gasteiger charge is 2.35. The number of Topliss-reactive ketones (excluding diaryl/α,β-unsaturated/α-hetero) is 1. The van der Waals surface area contributed by atoms with E-state index in [-0.39, 0.29) is 22.5 Å². The number of H-pyrrole nitrogens is 1. The Hall–Kier alpha value is -3.74. The number of aliphatic carboxylic acids is 2. The third-order valence-electron chi connectivity index (χ3n) is 3.42. The number of hydrogen-bond donors (Lipinski definition) is 6. The van der Waals surface area contributed by atoms with Crippen molar-refractivity contribution in [2.24, 2.45) is 16.5 Å². The second kappa shape index (κ2) is 8.77. The van der Waals surface area contributed by atoms with Crippen LogP contribution in [0.2, 0.25) is 0 Å². The molecule has 0 aliphatic rings. The molecule has 8 N–H and O–H groups in total. The number of carboxylic acids is 2. The number of amides is 1. The highest BCUT2D eigenvalue weighted by atomic mass is 32.1. The molecule has 12 nitrogen and oxygen atoms in total. The highest BCUT2D eigenvalue weighted by molar-refractivity contribution is 7.13. The topological polar surface area (TPSA) is 214 Å². The van der Waals surface area contributed by atoms with Crippen LogP contribution in [0.4, 0.5) is 5.13 Å². The number of nitrogens with zero attached hydrogens (tertiary/aromatic N) is 2. The molecule has 0 saturated heterocycles. The summed E-state index contributed by atoms with van der Waals surface area (Å²) < 4.78 is 0. The van der Waals surface area contributed by atoms with Crippen LogP contribution in [-0.4, -0.2) is 55.8 Å². The molecule has 2 heterocycles. The lowest BCUT2D eigenvalue weighted by atomic mass is 9.96. The summed E-state index contributed by atoms with van der Waals surface area (Å²) in [5.74, 6) is -6.43. The number of rotatable bonds is 9. The lowest BCUT2D eigenvalue weighted by Gasteiger charge is -2.17. The van der Waals surface area contributed by atoms with Crippen LogP contribution >= 0.6 is 11.3 Å². The molecule has 1 unspecified atom stereocenters. The van der Waals surface area contributed by atoms with Gasteiger partial charge in [-0.1, -0.05) is 0 Å². The normalized spacial score (nSPS) is 12.6. The van der Waals surface area contributed by atoms with E-state index in [1.807, 2.05) is 0 Å². The number of carbonyl (C=O) groups excluding carboxylic acids is 2. The number of aromatic nitrogens is 2. The van der Waals surface area contributed by atoms with Crippen LogP contribution in [0.25, 0.3) is 0 Å². The Bertz CT molecular complexity index is 917. The number of nitrogens with two attached hydrogens (primary N) is 2. The number of nitrogens with one attached hydrogen (secondary N) is 2. The molecule has 2 atom stereocenters. The van der Waals surface area contributed by atoms with Crippen LogP contribution in [0.1, 0.15) is 28.5 Å². The van der Waals surface area contributed by atoms with Gasteiger partial charge in [-0.15, -0.1) is 11.3 Å². The summed E-state index contributed by atoms with van der Waals surface area (Å²) in [5.41, 5.74) is 10.6. The van der Waals surface area contributed by atoms with Gasteiger partial charge in [-0.05, 0) is 12.1 Å². The average molecular weight is 408 g/mol. The fourth-order valence-corrected chi connectivity index (χ4v) is 2.94. The number of carbonyl (C=O) groups is 4. The molecule has 1 amide bonds. The number of thiazole rings is 1. The van der Waals surface area contributed by atoms with Gasteiger partial charge >= 0.3 is 11.9 Å². The van der Waals surface area contributed by atoms with E-state index in [0.717, 1.165) is 11.3 Å². The van der Waals surface area contributed by atoms with Gasteiger partial charge in [-0.25, -0.2) is 9.78 Å². The molecule has 0 saturated carbocycles. The van der Waals surface area contributed by atoms with Gasteiger partial charge in [-0.3, -0.25) is 14.4 Å². The van der Waals surface area contributed by atoms with Crippen molar-refractivity contribution >= 4 is 46.1 Å². The smallest absolute Gasteiger partial charge is 0.326 e. The quantitative estimate of drug-likeness (QED) is 0.135. The first-order chi connectivity index (χ1) is 13.2. The van der Waals surface area contributed by atoms with Gasteiger partial charge in [0, 0.05) is 17.3 Å². The molecule has 148 valence electrons. The molecule has 0 aromatic carbocycles. The van der Waals surface area contributed by atoms with Crippen molar-refractivity contribution in [3.63, 3.8) is 0 Å². The van der Waals surface area contributed by atoms with Gasteiger partial charge in [0.25, 0.3) is 0 Å². The summed E-state index contributed by atoms with van der Waals surface area (Å²) in [6.07, 6.45) is 0.624. The zero-order valence-corrected chi connectivity index (χ0v) is 15.0. The molecular weight excluding hydrogens is 392 g/mol. The molecule has 2 aromatic rings. The summed E-state index contributed by atoms with van der Waals surface area (Å²) in [6.45, 7) is 0. The maximum Gasteiger partial charge on any atom is 0.326 e. The van der Waals surface area contributed by atoms with Gasteiger partial charge in [0.2, 0.25) is 11.0 Å². The molecule has 0 fully saturated rings. The Kier molecular flexibility index (Phi) is 6.44. The van der Waals surface area contributed by atoms with Gasteiger partial charge < -0.3 is 32.0 Å². The van der Waals surface area contributed by atoms with Crippen molar-refractivity contribution < 1.29 is 29.4 Å². The van der Waals surface area contributed by atoms with Crippen molar-refractivity contribution in [3.05, 3.63) is 35.1 Å². The summed E-state index contributed by atoms with van der Waals surface area (Å²) >= 11 is 0.967. The first-order valence-electron chi connectivity index (χ1n) is 7.66. The van der Waals surface area contributed by atoms with E-state index >= 15 is 0 Å². The number of ketones is 1. The van der Waals surface area contributed by atoms with Crippen LogP contribution in [0.3, 0.4) is 0 Å². The zero-order valence-electron chi connectivity index (χ0n) is 14.2. The van der Waals surface area contributed by atoms with Gasteiger partial charge in [-0.2, -0.15) is 4.99 Å². The molecular formula is C15H16N6O6S. The third kappa shape index (κ3) is 5.14. The van der Waals surface area contributed by atoms with Crippen LogP contribution in [0.5, 0.6) is 0 Å². The van der Waals surface area contributed by atoms with E-state index in [1.54, 1.807) is 6.07 Å². The fraction of sp³-hybridized carbons (Fsp3) is 0.200. The van der Waals surface area contributed by atoms with E-state index in [4.69, 9.17) is 21.7 Å². The van der Waals surface area contributed by atoms with E-state index in [2.05, 4.69) is 20.3 Å². The second-order valence-corrected chi connectivity index (χ2v) is 6.31. The van der Waals surface area contributed by atoms with Crippen molar-refractivity contribution in [1.82, 2.24) is 15.3 Å². The predicted octanol–water partition coefficient (Wildman–Crippen LogP) is -0.613. The largest absolute Gasteiger partial charge is 0.481 e. The van der Waals surface area contributed by atoms with Crippen LogP contribution in [0, 0.1) is 0 Å². The minimum atomic E-state index is -1.71. The number of hydrogen-bond acceptors (Lipinski definition) is 7. The summed E-state index contributed by atoms with van der Waals surface area (Å²) in [6, 6.07) is 1.29. The third-order valence-corrected chi connectivity index (χ3v) is 4.15. The van der Waals surface area contributed by atoms with Crippen molar-refractivity contribution in [2.75, 3.05) is 0 Å². The summed E-state index contributed by atoms with van der Waals surface area (Å²) in [7, 11) is 0. The van der Waals surface area contributed by atoms with Crippen LogP contribution < -0.4 is 16.8 Å². The summed E-state index contributed by atoms with van der Waals surface area (Å²) in [4.78, 5) is 57.9. The summed E-state index contributed by atoms with van der Waals surface area (Å²) in [5, 5.41) is 21.4. The second-order valence-electron chi connectivity index (χ2n) is 5.47. The van der Waals surface area contributed by atoms with Crippen LogP contribution in [-0.2, 0) is 14.4 Å². The maximum atomic E-state index is 12.8. The standard InChI is InChI=1S/C15H16N6O6S/c16-14(17)21-15-20-8(5-28-15)11(24)10(6-2-1-3-18-6)12(25)19-7(13(26)27)4-9(22)23/h1-3,5,7,10,18H,4H2,(H,19,25)(H,22,23)(H,26,27)(H4,16,17,20,21)/t7-,10?/m0/s1. The van der Waals surface area contributed by atoms with Crippen molar-refractivity contribution in [3.8, 4) is 0 Å². The van der Waals surface area contributed by atoms with E-state index in [9.17, 15) is 19.2 Å². The molecule has 0 radical (unpaired) electrons. The number of aliphatic imine (C=N–C) groups is 1. The number of guanidine groups is 1. The lowest BCUT2D eigenvalue weighted by Crippen LogP contribution is -2.45. The molecule has 0 spiro atoms. The average Bonchev–Trinajstić information content (AvgIpc) is 3.25. The van der Waals surface area contributed by atoms with Gasteiger partial charge in [0.05, 0.1) is 6.42 Å². The molecule has 0 aliphatic carbocycles. The van der Waals surface area contributed by atoms with E-state index < -0.39 is 42.0 Å². The van der Waals surface area contributed by atoms with Gasteiger partial charge in [0.1, 0.15) is 17.7 Å². The zero-order chi connectivity index (χ0) is 20.8. The Morgan fingerprint density at radius 1 is 1.29 bits per heavy atom. The SMILES string of the molecule is NC(N)=Nc1nc(C(=O)C(C(=O)N[C@@H](CC(=O)O)C(=O)O)c2ccc[nH]2)cs1. The minimum absolute atomic E-state index is 0.100. The Labute approximate surface area is 161 Å². The molecule has 0 bridgehead atoms. The molecule has 2 aromatic heterocycles. The Morgan fingerprint density at radius 3 is 2.54 bits per heavy atom. The molecule has 13 heteroatoms. The Morgan fingerprint density at radius 2 is 2.00 bits per heavy atom. The Balaban J connectivity index is 2.32. The first-order valence-corrected chi connectivity index (χ1v) is 8.54. The predicted molar refractivity (Wildman–Crippen MR) is 97.3 cm³/mol. The minimum Gasteiger partial charge on any atom is -0.481 e. The van der Waals surface area contributed by atoms with Crippen LogP contribution in [0.15, 0.2) is 28.7 Å². The van der Waals surface area contributed by atoms with Crippen molar-refractivity contribution in [2.45, 2.75) is 18.4 Å². The highest BCUT2D eigenvalue weighted by Crippen LogP contribution is 2.25. The number of aromatic amines is 1. The molecule has 28 heavy (non-hydrogen) atoms. The number of carboxylic acid groups (broad SMARTS) is 2. The van der Waals surface area contributed by atoms with Crippen molar-refractivity contribution in [1.29, 1.82) is 0 Å². The molecule has 0 aliphatic heterocycles. The maximum absolute atomic E-state index is 12.8. The monoisotopic (exact) mass is 408 g/mol. The van der Waals surface area contributed by atoms with E-state index in [1.165, 1.54) is 17.6 Å². The lowest BCUT2D eigenvalue weighted by molar-refractivity contribution is -0.147. The van der Waals surface area contributed by atoms with Gasteiger partial charge in [0.15, 0.2) is 11.7 Å². The van der Waals surface area contributed by atoms with E-state index in [0.29, 0.717) is 0 Å². The first kappa shape index (κ1) is 20.6. The fourth-order valence-electron chi connectivity index (χ4n) is 2.24.